The molecule has 1 fully saturated rings. The summed E-state index contributed by atoms with van der Waals surface area (Å²) in [4.78, 5) is 28.0. The van der Waals surface area contributed by atoms with E-state index in [4.69, 9.17) is 11.6 Å². The van der Waals surface area contributed by atoms with Crippen LogP contribution in [0.5, 0.6) is 0 Å². The maximum absolute atomic E-state index is 12.7. The third-order valence-electron chi connectivity index (χ3n) is 4.95. The Morgan fingerprint density at radius 2 is 1.88 bits per heavy atom. The van der Waals surface area contributed by atoms with Crippen LogP contribution in [0.3, 0.4) is 0 Å². The molecule has 0 spiro atoms. The van der Waals surface area contributed by atoms with Gasteiger partial charge in [0, 0.05) is 31.9 Å². The summed E-state index contributed by atoms with van der Waals surface area (Å²) >= 11 is 6.04. The van der Waals surface area contributed by atoms with Crippen molar-refractivity contribution in [3.05, 3.63) is 28.8 Å². The molecule has 6 nitrogen and oxygen atoms in total. The lowest BCUT2D eigenvalue weighted by molar-refractivity contribution is -0.132. The van der Waals surface area contributed by atoms with E-state index >= 15 is 0 Å². The summed E-state index contributed by atoms with van der Waals surface area (Å²) in [6.45, 7) is -0.00597. The molecule has 1 saturated carbocycles. The molecule has 7 heteroatoms. The minimum atomic E-state index is -0.729. The van der Waals surface area contributed by atoms with E-state index in [2.05, 4.69) is 11.4 Å². The Morgan fingerprint density at radius 3 is 2.46 bits per heavy atom. The van der Waals surface area contributed by atoms with Crippen molar-refractivity contribution in [2.24, 2.45) is 0 Å². The zero-order chi connectivity index (χ0) is 19.3. The fraction of sp³-hybridized carbons (Fsp3) is 0.526. The summed E-state index contributed by atoms with van der Waals surface area (Å²) in [7, 11) is 5.02. The number of benzene rings is 1. The van der Waals surface area contributed by atoms with E-state index in [0.717, 1.165) is 19.3 Å². The van der Waals surface area contributed by atoms with Crippen molar-refractivity contribution in [1.29, 1.82) is 5.26 Å². The van der Waals surface area contributed by atoms with Gasteiger partial charge in [0.05, 0.1) is 18.2 Å². The number of nitrogens with zero attached hydrogens (tertiary/aromatic N) is 3. The SMILES string of the molecule is CN(C)C(=O)c1ccc(Cl)cc1NCC(=O)N(C)C1(C#N)CCCCC1. The number of carbonyl (C=O) groups is 2. The number of hydrogen-bond donors (Lipinski definition) is 1. The summed E-state index contributed by atoms with van der Waals surface area (Å²) in [5.41, 5.74) is 0.225. The van der Waals surface area contributed by atoms with Crippen molar-refractivity contribution < 1.29 is 9.59 Å². The van der Waals surface area contributed by atoms with Gasteiger partial charge < -0.3 is 15.1 Å². The molecule has 0 saturated heterocycles. The number of amides is 2. The van der Waals surface area contributed by atoms with Crippen molar-refractivity contribution in [3.63, 3.8) is 0 Å². The van der Waals surface area contributed by atoms with E-state index in [-0.39, 0.29) is 18.4 Å². The highest BCUT2D eigenvalue weighted by molar-refractivity contribution is 6.31. The van der Waals surface area contributed by atoms with Gasteiger partial charge in [-0.25, -0.2) is 0 Å². The van der Waals surface area contributed by atoms with E-state index in [1.54, 1.807) is 44.2 Å². The molecule has 0 atom stereocenters. The highest BCUT2D eigenvalue weighted by Gasteiger charge is 2.38. The molecule has 0 heterocycles. The summed E-state index contributed by atoms with van der Waals surface area (Å²) in [6.07, 6.45) is 4.41. The van der Waals surface area contributed by atoms with Gasteiger partial charge in [0.15, 0.2) is 0 Å². The first-order chi connectivity index (χ1) is 12.3. The van der Waals surface area contributed by atoms with Gasteiger partial charge >= 0.3 is 0 Å². The Bertz CT molecular complexity index is 721. The lowest BCUT2D eigenvalue weighted by Gasteiger charge is -2.39. The highest BCUT2D eigenvalue weighted by Crippen LogP contribution is 2.32. The molecule has 140 valence electrons. The normalized spacial score (nSPS) is 15.7. The summed E-state index contributed by atoms with van der Waals surface area (Å²) in [6, 6.07) is 7.26. The van der Waals surface area contributed by atoms with Crippen LogP contribution in [0.4, 0.5) is 5.69 Å². The molecule has 1 N–H and O–H groups in total. The van der Waals surface area contributed by atoms with E-state index in [9.17, 15) is 14.9 Å². The van der Waals surface area contributed by atoms with Crippen molar-refractivity contribution >= 4 is 29.1 Å². The molecule has 1 aliphatic carbocycles. The monoisotopic (exact) mass is 376 g/mol. The molecule has 0 radical (unpaired) electrons. The van der Waals surface area contributed by atoms with Crippen LogP contribution in [0.15, 0.2) is 18.2 Å². The van der Waals surface area contributed by atoms with Gasteiger partial charge in [-0.05, 0) is 31.0 Å². The van der Waals surface area contributed by atoms with Crippen molar-refractivity contribution in [1.82, 2.24) is 9.80 Å². The van der Waals surface area contributed by atoms with Crippen LogP contribution in [0.1, 0.15) is 42.5 Å². The Morgan fingerprint density at radius 1 is 1.23 bits per heavy atom. The number of anilines is 1. The number of hydrogen-bond acceptors (Lipinski definition) is 4. The van der Waals surface area contributed by atoms with E-state index in [1.165, 1.54) is 4.90 Å². The third kappa shape index (κ3) is 4.28. The average molecular weight is 377 g/mol. The maximum Gasteiger partial charge on any atom is 0.255 e. The van der Waals surface area contributed by atoms with Crippen LogP contribution in [0.2, 0.25) is 5.02 Å². The number of likely N-dealkylation sites (N-methyl/N-ethyl adjacent to an activating group) is 1. The number of carbonyl (C=O) groups excluding carboxylic acids is 2. The van der Waals surface area contributed by atoms with Crippen LogP contribution in [0, 0.1) is 11.3 Å². The van der Waals surface area contributed by atoms with Crippen molar-refractivity contribution in [2.75, 3.05) is 33.0 Å². The Balaban J connectivity index is 2.13. The van der Waals surface area contributed by atoms with E-state index in [1.807, 2.05) is 0 Å². The van der Waals surface area contributed by atoms with Crippen LogP contribution in [-0.4, -0.2) is 54.8 Å². The van der Waals surface area contributed by atoms with Crippen molar-refractivity contribution in [2.45, 2.75) is 37.6 Å². The third-order valence-corrected chi connectivity index (χ3v) is 5.19. The van der Waals surface area contributed by atoms with E-state index in [0.29, 0.717) is 29.1 Å². The van der Waals surface area contributed by atoms with E-state index < -0.39 is 5.54 Å². The first-order valence-electron chi connectivity index (χ1n) is 8.74. The van der Waals surface area contributed by atoms with Crippen molar-refractivity contribution in [3.8, 4) is 6.07 Å². The molecule has 0 aromatic heterocycles. The second kappa shape index (κ2) is 8.41. The molecule has 2 rings (SSSR count). The van der Waals surface area contributed by atoms with Gasteiger partial charge in [0.2, 0.25) is 5.91 Å². The fourth-order valence-corrected chi connectivity index (χ4v) is 3.45. The topological polar surface area (TPSA) is 76.4 Å². The molecule has 1 aromatic carbocycles. The maximum atomic E-state index is 12.7. The lowest BCUT2D eigenvalue weighted by Crippen LogP contribution is -2.51. The molecular formula is C19H25ClN4O2. The van der Waals surface area contributed by atoms with Crippen LogP contribution < -0.4 is 5.32 Å². The number of halogens is 1. The molecule has 2 amide bonds. The Labute approximate surface area is 159 Å². The van der Waals surface area contributed by atoms with Crippen LogP contribution >= 0.6 is 11.6 Å². The predicted octanol–water partition coefficient (Wildman–Crippen LogP) is 3.14. The first-order valence-corrected chi connectivity index (χ1v) is 9.11. The molecule has 0 aliphatic heterocycles. The minimum Gasteiger partial charge on any atom is -0.375 e. The van der Waals surface area contributed by atoms with Crippen LogP contribution in [-0.2, 0) is 4.79 Å². The zero-order valence-electron chi connectivity index (χ0n) is 15.5. The first kappa shape index (κ1) is 20.1. The summed E-state index contributed by atoms with van der Waals surface area (Å²) < 4.78 is 0. The quantitative estimate of drug-likeness (QED) is 0.856. The average Bonchev–Trinajstić information content (AvgIpc) is 2.65. The molecule has 0 bridgehead atoms. The molecular weight excluding hydrogens is 352 g/mol. The number of rotatable bonds is 5. The minimum absolute atomic E-state index is 0.00597. The number of nitrogens with one attached hydrogen (secondary N) is 1. The Kier molecular flexibility index (Phi) is 6.49. The van der Waals surface area contributed by atoms with Gasteiger partial charge in [0.25, 0.3) is 5.91 Å². The smallest absolute Gasteiger partial charge is 0.255 e. The van der Waals surface area contributed by atoms with Gasteiger partial charge in [-0.3, -0.25) is 9.59 Å². The molecule has 1 aromatic rings. The molecule has 1 aliphatic rings. The van der Waals surface area contributed by atoms with Gasteiger partial charge in [-0.2, -0.15) is 5.26 Å². The number of nitriles is 1. The van der Waals surface area contributed by atoms with Gasteiger partial charge in [0.1, 0.15) is 5.54 Å². The largest absolute Gasteiger partial charge is 0.375 e. The predicted molar refractivity (Wildman–Crippen MR) is 102 cm³/mol. The highest BCUT2D eigenvalue weighted by atomic mass is 35.5. The Hall–Kier alpha value is -2.26. The summed E-state index contributed by atoms with van der Waals surface area (Å²) in [5, 5.41) is 13.1. The van der Waals surface area contributed by atoms with Gasteiger partial charge in [-0.15, -0.1) is 0 Å². The molecule has 0 unspecified atom stereocenters. The molecule has 26 heavy (non-hydrogen) atoms. The summed E-state index contributed by atoms with van der Waals surface area (Å²) in [5.74, 6) is -0.359. The second-order valence-electron chi connectivity index (χ2n) is 6.90. The fourth-order valence-electron chi connectivity index (χ4n) is 3.28. The van der Waals surface area contributed by atoms with Gasteiger partial charge in [-0.1, -0.05) is 30.9 Å². The lowest BCUT2D eigenvalue weighted by atomic mass is 9.81. The second-order valence-corrected chi connectivity index (χ2v) is 7.34. The standard InChI is InChI=1S/C19H25ClN4O2/c1-23(2)18(26)15-8-7-14(20)11-16(15)22-12-17(25)24(3)19(13-21)9-5-4-6-10-19/h7-8,11,22H,4-6,9-10,12H2,1-3H3. The van der Waals surface area contributed by atoms with Crippen LogP contribution in [0.25, 0.3) is 0 Å². The zero-order valence-corrected chi connectivity index (χ0v) is 16.3.